The summed E-state index contributed by atoms with van der Waals surface area (Å²) in [6.07, 6.45) is 2.69. The fourth-order valence-electron chi connectivity index (χ4n) is 2.74. The van der Waals surface area contributed by atoms with E-state index >= 15 is 0 Å². The van der Waals surface area contributed by atoms with E-state index in [4.69, 9.17) is 13.9 Å². The molecule has 0 spiro atoms. The number of hydrogen-bond donors (Lipinski definition) is 2. The van der Waals surface area contributed by atoms with Gasteiger partial charge in [-0.2, -0.15) is 0 Å². The summed E-state index contributed by atoms with van der Waals surface area (Å²) < 4.78 is 15.7. The first-order valence-corrected chi connectivity index (χ1v) is 9.78. The van der Waals surface area contributed by atoms with Crippen LogP contribution in [0.25, 0.3) is 6.08 Å². The number of nitrogens with one attached hydrogen (secondary N) is 2. The zero-order valence-electron chi connectivity index (χ0n) is 15.9. The number of hydrogen-bond acceptors (Lipinski definition) is 7. The summed E-state index contributed by atoms with van der Waals surface area (Å²) in [7, 11) is 0. The van der Waals surface area contributed by atoms with E-state index in [0.29, 0.717) is 5.76 Å². The predicted octanol–water partition coefficient (Wildman–Crippen LogP) is 3.08. The van der Waals surface area contributed by atoms with Crippen molar-refractivity contribution in [2.24, 2.45) is 0 Å². The van der Waals surface area contributed by atoms with Crippen LogP contribution in [0.4, 0.5) is 4.79 Å². The quantitative estimate of drug-likeness (QED) is 0.531. The molecule has 2 amide bonds. The summed E-state index contributed by atoms with van der Waals surface area (Å²) >= 11 is 1.39. The minimum absolute atomic E-state index is 0.172. The summed E-state index contributed by atoms with van der Waals surface area (Å²) in [5, 5.41) is 7.09. The van der Waals surface area contributed by atoms with Gasteiger partial charge in [0, 0.05) is 11.0 Å². The number of furan rings is 1. The second kappa shape index (κ2) is 9.24. The highest BCUT2D eigenvalue weighted by Gasteiger charge is 2.34. The van der Waals surface area contributed by atoms with Crippen molar-refractivity contribution in [2.45, 2.75) is 19.9 Å². The number of rotatable bonds is 7. The largest absolute Gasteiger partial charge is 0.463 e. The van der Waals surface area contributed by atoms with Crippen molar-refractivity contribution in [1.29, 1.82) is 0 Å². The lowest BCUT2D eigenvalue weighted by molar-refractivity contribution is -0.140. The molecule has 0 fully saturated rings. The smallest absolute Gasteiger partial charge is 0.338 e. The van der Waals surface area contributed by atoms with Crippen LogP contribution in [-0.4, -0.2) is 31.2 Å². The molecule has 2 N–H and O–H groups in total. The molecule has 0 aliphatic carbocycles. The molecule has 1 aliphatic heterocycles. The first-order valence-electron chi connectivity index (χ1n) is 8.90. The molecule has 0 saturated heterocycles. The lowest BCUT2D eigenvalue weighted by Gasteiger charge is -2.28. The van der Waals surface area contributed by atoms with Gasteiger partial charge in [-0.1, -0.05) is 6.07 Å². The van der Waals surface area contributed by atoms with Gasteiger partial charge in [0.05, 0.1) is 23.9 Å². The van der Waals surface area contributed by atoms with Gasteiger partial charge in [0.1, 0.15) is 18.1 Å². The van der Waals surface area contributed by atoms with Crippen LogP contribution in [0.3, 0.4) is 0 Å². The Kier molecular flexibility index (Phi) is 6.50. The maximum absolute atomic E-state index is 12.5. The van der Waals surface area contributed by atoms with Crippen LogP contribution < -0.4 is 10.6 Å². The van der Waals surface area contributed by atoms with Gasteiger partial charge in [0.2, 0.25) is 0 Å². The normalized spacial score (nSPS) is 16.5. The van der Waals surface area contributed by atoms with Crippen molar-refractivity contribution in [3.05, 3.63) is 63.4 Å². The zero-order chi connectivity index (χ0) is 20.8. The van der Waals surface area contributed by atoms with Crippen LogP contribution in [0, 0.1) is 6.92 Å². The number of amides is 2. The van der Waals surface area contributed by atoms with Crippen LogP contribution in [0.1, 0.15) is 29.4 Å². The molecule has 29 heavy (non-hydrogen) atoms. The van der Waals surface area contributed by atoms with Gasteiger partial charge >= 0.3 is 18.0 Å². The Morgan fingerprint density at radius 3 is 2.76 bits per heavy atom. The Labute approximate surface area is 171 Å². The number of carbonyl (C=O) groups is 3. The van der Waals surface area contributed by atoms with Crippen LogP contribution in [0.5, 0.6) is 0 Å². The molecular weight excluding hydrogens is 396 g/mol. The lowest BCUT2D eigenvalue weighted by Crippen LogP contribution is -2.46. The third-order valence-electron chi connectivity index (χ3n) is 3.98. The molecule has 0 radical (unpaired) electrons. The monoisotopic (exact) mass is 416 g/mol. The third-order valence-corrected chi connectivity index (χ3v) is 4.92. The Morgan fingerprint density at radius 2 is 2.10 bits per heavy atom. The maximum atomic E-state index is 12.5. The first-order chi connectivity index (χ1) is 14.0. The summed E-state index contributed by atoms with van der Waals surface area (Å²) in [4.78, 5) is 37.4. The van der Waals surface area contributed by atoms with E-state index in [1.807, 2.05) is 11.4 Å². The molecule has 3 rings (SSSR count). The maximum Gasteiger partial charge on any atom is 0.338 e. The number of thiophene rings is 1. The second-order valence-corrected chi connectivity index (χ2v) is 7.03. The number of ether oxygens (including phenoxy) is 2. The van der Waals surface area contributed by atoms with E-state index in [1.54, 1.807) is 32.0 Å². The van der Waals surface area contributed by atoms with Crippen molar-refractivity contribution in [1.82, 2.24) is 10.6 Å². The topological polar surface area (TPSA) is 107 Å². The molecule has 0 aromatic carbocycles. The molecular formula is C20H20N2O6S. The van der Waals surface area contributed by atoms with Gasteiger partial charge in [-0.15, -0.1) is 11.3 Å². The van der Waals surface area contributed by atoms with E-state index in [9.17, 15) is 14.4 Å². The molecule has 1 unspecified atom stereocenters. The molecule has 152 valence electrons. The van der Waals surface area contributed by atoms with Crippen LogP contribution in [0.15, 0.2) is 51.4 Å². The number of urea groups is 1. The SMILES string of the molecule is CCOC(=O)C1=C(COC(=O)/C=C/c2ccc(C)o2)NC(=O)NC1c1cccs1. The molecule has 8 nitrogen and oxygen atoms in total. The van der Waals surface area contributed by atoms with E-state index in [-0.39, 0.29) is 24.5 Å². The average Bonchev–Trinajstić information content (AvgIpc) is 3.36. The van der Waals surface area contributed by atoms with Crippen molar-refractivity contribution in [2.75, 3.05) is 13.2 Å². The fourth-order valence-corrected chi connectivity index (χ4v) is 3.52. The number of esters is 2. The summed E-state index contributed by atoms with van der Waals surface area (Å²) in [5.41, 5.74) is 0.383. The first kappa shape index (κ1) is 20.4. The van der Waals surface area contributed by atoms with Crippen LogP contribution >= 0.6 is 11.3 Å². The third kappa shape index (κ3) is 5.14. The fraction of sp³-hybridized carbons (Fsp3) is 0.250. The van der Waals surface area contributed by atoms with Gasteiger partial charge in [-0.3, -0.25) is 0 Å². The molecule has 0 saturated carbocycles. The molecule has 2 aromatic heterocycles. The highest BCUT2D eigenvalue weighted by molar-refractivity contribution is 7.10. The van der Waals surface area contributed by atoms with Gasteiger partial charge in [-0.25, -0.2) is 14.4 Å². The number of aryl methyl sites for hydroxylation is 1. The summed E-state index contributed by atoms with van der Waals surface area (Å²) in [6, 6.07) is 5.94. The Balaban J connectivity index is 1.79. The van der Waals surface area contributed by atoms with E-state index in [0.717, 1.165) is 10.6 Å². The predicted molar refractivity (Wildman–Crippen MR) is 106 cm³/mol. The lowest BCUT2D eigenvalue weighted by atomic mass is 10.0. The van der Waals surface area contributed by atoms with Crippen molar-refractivity contribution in [3.8, 4) is 0 Å². The molecule has 0 bridgehead atoms. The Morgan fingerprint density at radius 1 is 1.28 bits per heavy atom. The standard InChI is InChI=1S/C20H20N2O6S/c1-3-26-19(24)17-14(21-20(25)22-18(17)15-5-4-10-29-15)11-27-16(23)9-8-13-7-6-12(2)28-13/h4-10,18H,3,11H2,1-2H3,(H2,21,22,25)/b9-8+. The highest BCUT2D eigenvalue weighted by Crippen LogP contribution is 2.30. The summed E-state index contributed by atoms with van der Waals surface area (Å²) in [6.45, 7) is 3.37. The van der Waals surface area contributed by atoms with E-state index in [1.165, 1.54) is 23.5 Å². The molecule has 2 aromatic rings. The molecule has 3 heterocycles. The minimum Gasteiger partial charge on any atom is -0.463 e. The Bertz CT molecular complexity index is 958. The molecule has 1 atom stereocenters. The van der Waals surface area contributed by atoms with Crippen molar-refractivity contribution in [3.63, 3.8) is 0 Å². The van der Waals surface area contributed by atoms with Gasteiger partial charge in [0.25, 0.3) is 0 Å². The second-order valence-electron chi connectivity index (χ2n) is 6.05. The minimum atomic E-state index is -0.682. The molecule has 9 heteroatoms. The highest BCUT2D eigenvalue weighted by atomic mass is 32.1. The van der Waals surface area contributed by atoms with E-state index in [2.05, 4.69) is 10.6 Å². The van der Waals surface area contributed by atoms with Crippen molar-refractivity contribution >= 4 is 35.4 Å². The summed E-state index contributed by atoms with van der Waals surface area (Å²) in [5.74, 6) is -0.000589. The Hall–Kier alpha value is -3.33. The average molecular weight is 416 g/mol. The van der Waals surface area contributed by atoms with E-state index < -0.39 is 24.0 Å². The van der Waals surface area contributed by atoms with Gasteiger partial charge < -0.3 is 24.5 Å². The van der Waals surface area contributed by atoms with Crippen molar-refractivity contribution < 1.29 is 28.3 Å². The van der Waals surface area contributed by atoms with Crippen LogP contribution in [-0.2, 0) is 19.1 Å². The molecule has 1 aliphatic rings. The van der Waals surface area contributed by atoms with Gasteiger partial charge in [-0.05, 0) is 43.5 Å². The zero-order valence-corrected chi connectivity index (χ0v) is 16.7. The van der Waals surface area contributed by atoms with Gasteiger partial charge in [0.15, 0.2) is 0 Å². The number of carbonyl (C=O) groups excluding carboxylic acids is 3. The van der Waals surface area contributed by atoms with Crippen LogP contribution in [0.2, 0.25) is 0 Å².